The minimum Gasteiger partial charge on any atom is -0.408 e. The average molecular weight is 241 g/mol. The van der Waals surface area contributed by atoms with Crippen LogP contribution in [0, 0.1) is 0 Å². The zero-order chi connectivity index (χ0) is 11.4. The van der Waals surface area contributed by atoms with Crippen LogP contribution in [0.1, 0.15) is 5.56 Å². The van der Waals surface area contributed by atoms with Gasteiger partial charge in [-0.15, -0.1) is 11.6 Å². The molecule has 1 aromatic carbocycles. The topological polar surface area (TPSA) is 58.0 Å². The Labute approximate surface area is 97.6 Å². The lowest BCUT2D eigenvalue weighted by Crippen LogP contribution is -2.19. The minimum atomic E-state index is -0.410. The molecule has 86 valence electrons. The highest BCUT2D eigenvalue weighted by atomic mass is 35.5. The second-order valence-corrected chi connectivity index (χ2v) is 3.91. The fourth-order valence-corrected chi connectivity index (χ4v) is 1.70. The molecule has 0 atom stereocenters. The second kappa shape index (κ2) is 5.18. The molecule has 2 rings (SSSR count). The molecule has 5 heteroatoms. The molecule has 0 aliphatic rings. The number of aromatic amines is 1. The third kappa shape index (κ3) is 2.65. The number of alkyl halides is 1. The summed E-state index contributed by atoms with van der Waals surface area (Å²) in [6, 6.07) is 5.73. The summed E-state index contributed by atoms with van der Waals surface area (Å²) >= 11 is 5.55. The lowest BCUT2D eigenvalue weighted by molar-refractivity contribution is 0.555. The van der Waals surface area contributed by atoms with Crippen molar-refractivity contribution in [2.45, 2.75) is 6.42 Å². The fraction of sp³-hybridized carbons (Fsp3) is 0.364. The minimum absolute atomic E-state index is 0.410. The molecule has 0 saturated carbocycles. The van der Waals surface area contributed by atoms with E-state index < -0.39 is 5.76 Å². The summed E-state index contributed by atoms with van der Waals surface area (Å²) in [5.41, 5.74) is 2.49. The van der Waals surface area contributed by atoms with Crippen LogP contribution in [0.5, 0.6) is 0 Å². The van der Waals surface area contributed by atoms with E-state index in [1.165, 1.54) is 0 Å². The van der Waals surface area contributed by atoms with E-state index >= 15 is 0 Å². The maximum absolute atomic E-state index is 11.0. The number of hydrogen-bond donors (Lipinski definition) is 2. The molecule has 0 fully saturated rings. The molecule has 0 radical (unpaired) electrons. The average Bonchev–Trinajstić information content (AvgIpc) is 2.64. The molecule has 2 aromatic rings. The Morgan fingerprint density at radius 2 is 2.25 bits per heavy atom. The Hall–Kier alpha value is -1.26. The number of benzene rings is 1. The molecule has 2 N–H and O–H groups in total. The van der Waals surface area contributed by atoms with E-state index in [1.54, 1.807) is 0 Å². The van der Waals surface area contributed by atoms with Gasteiger partial charge in [-0.3, -0.25) is 4.98 Å². The van der Waals surface area contributed by atoms with Gasteiger partial charge in [-0.2, -0.15) is 0 Å². The van der Waals surface area contributed by atoms with E-state index in [4.69, 9.17) is 16.0 Å². The van der Waals surface area contributed by atoms with Crippen molar-refractivity contribution >= 4 is 22.7 Å². The summed E-state index contributed by atoms with van der Waals surface area (Å²) in [6.45, 7) is 1.68. The van der Waals surface area contributed by atoms with Gasteiger partial charge in [-0.05, 0) is 30.7 Å². The fourth-order valence-electron chi connectivity index (χ4n) is 1.57. The quantitative estimate of drug-likeness (QED) is 0.615. The maximum atomic E-state index is 11.0. The van der Waals surface area contributed by atoms with Crippen molar-refractivity contribution in [1.82, 2.24) is 10.3 Å². The zero-order valence-electron chi connectivity index (χ0n) is 8.75. The molecular formula is C11H13ClN2O2. The van der Waals surface area contributed by atoms with E-state index in [2.05, 4.69) is 10.3 Å². The molecule has 0 amide bonds. The Kier molecular flexibility index (Phi) is 3.64. The van der Waals surface area contributed by atoms with Crippen molar-refractivity contribution in [3.8, 4) is 0 Å². The monoisotopic (exact) mass is 240 g/mol. The van der Waals surface area contributed by atoms with E-state index in [1.807, 2.05) is 18.2 Å². The SMILES string of the molecule is O=c1[nH]c2ccc(CCNCCCl)cc2o1. The summed E-state index contributed by atoms with van der Waals surface area (Å²) in [5.74, 6) is 0.207. The highest BCUT2D eigenvalue weighted by Crippen LogP contribution is 2.12. The van der Waals surface area contributed by atoms with Crippen LogP contribution in [0.3, 0.4) is 0 Å². The van der Waals surface area contributed by atoms with Crippen molar-refractivity contribution < 1.29 is 4.42 Å². The van der Waals surface area contributed by atoms with E-state index in [9.17, 15) is 4.79 Å². The molecule has 0 spiro atoms. The molecule has 1 aromatic heterocycles. The van der Waals surface area contributed by atoms with Crippen molar-refractivity contribution in [2.75, 3.05) is 19.0 Å². The van der Waals surface area contributed by atoms with Crippen LogP contribution in [0.2, 0.25) is 0 Å². The van der Waals surface area contributed by atoms with Gasteiger partial charge >= 0.3 is 5.76 Å². The van der Waals surface area contributed by atoms with Crippen LogP contribution in [0.15, 0.2) is 27.4 Å². The second-order valence-electron chi connectivity index (χ2n) is 3.53. The zero-order valence-corrected chi connectivity index (χ0v) is 9.51. The van der Waals surface area contributed by atoms with Gasteiger partial charge in [-0.1, -0.05) is 6.07 Å². The third-order valence-electron chi connectivity index (χ3n) is 2.35. The maximum Gasteiger partial charge on any atom is 0.417 e. The smallest absolute Gasteiger partial charge is 0.408 e. The highest BCUT2D eigenvalue weighted by molar-refractivity contribution is 6.18. The summed E-state index contributed by atoms with van der Waals surface area (Å²) in [7, 11) is 0. The van der Waals surface area contributed by atoms with Gasteiger partial charge in [0, 0.05) is 12.4 Å². The first-order valence-electron chi connectivity index (χ1n) is 5.18. The first kappa shape index (κ1) is 11.2. The molecular weight excluding hydrogens is 228 g/mol. The molecule has 1 heterocycles. The van der Waals surface area contributed by atoms with Crippen molar-refractivity contribution in [2.24, 2.45) is 0 Å². The standard InChI is InChI=1S/C11H13ClN2O2/c12-4-6-13-5-3-8-1-2-9-10(7-8)16-11(15)14-9/h1-2,7,13H,3-6H2,(H,14,15). The lowest BCUT2D eigenvalue weighted by Gasteiger charge is -2.02. The molecule has 16 heavy (non-hydrogen) atoms. The van der Waals surface area contributed by atoms with Gasteiger partial charge in [0.2, 0.25) is 0 Å². The largest absolute Gasteiger partial charge is 0.417 e. The predicted molar refractivity (Wildman–Crippen MR) is 64.1 cm³/mol. The number of H-pyrrole nitrogens is 1. The summed E-state index contributed by atoms with van der Waals surface area (Å²) in [4.78, 5) is 13.6. The number of nitrogens with one attached hydrogen (secondary N) is 2. The van der Waals surface area contributed by atoms with Crippen LogP contribution in [-0.4, -0.2) is 24.0 Å². The summed E-state index contributed by atoms with van der Waals surface area (Å²) < 4.78 is 4.98. The molecule has 0 aliphatic carbocycles. The van der Waals surface area contributed by atoms with Crippen molar-refractivity contribution in [3.63, 3.8) is 0 Å². The lowest BCUT2D eigenvalue weighted by atomic mass is 10.1. The van der Waals surface area contributed by atoms with Crippen LogP contribution < -0.4 is 11.1 Å². The van der Waals surface area contributed by atoms with Crippen molar-refractivity contribution in [1.29, 1.82) is 0 Å². The normalized spacial score (nSPS) is 11.1. The van der Waals surface area contributed by atoms with E-state index in [-0.39, 0.29) is 0 Å². The number of hydrogen-bond acceptors (Lipinski definition) is 3. The number of halogens is 1. The van der Waals surface area contributed by atoms with Gasteiger partial charge in [0.1, 0.15) is 0 Å². The number of rotatable bonds is 5. The third-order valence-corrected chi connectivity index (χ3v) is 2.54. The van der Waals surface area contributed by atoms with E-state index in [0.717, 1.165) is 30.6 Å². The van der Waals surface area contributed by atoms with Gasteiger partial charge in [-0.25, -0.2) is 4.79 Å². The predicted octanol–water partition coefficient (Wildman–Crippen LogP) is 1.49. The van der Waals surface area contributed by atoms with Gasteiger partial charge < -0.3 is 9.73 Å². The number of aromatic nitrogens is 1. The molecule has 0 bridgehead atoms. The first-order chi connectivity index (χ1) is 7.79. The Balaban J connectivity index is 2.04. The van der Waals surface area contributed by atoms with Crippen molar-refractivity contribution in [3.05, 3.63) is 34.3 Å². The Morgan fingerprint density at radius 1 is 1.38 bits per heavy atom. The number of oxazole rings is 1. The molecule has 0 saturated heterocycles. The molecule has 4 nitrogen and oxygen atoms in total. The van der Waals surface area contributed by atoms with Crippen LogP contribution in [0.25, 0.3) is 11.1 Å². The first-order valence-corrected chi connectivity index (χ1v) is 5.71. The summed E-state index contributed by atoms with van der Waals surface area (Å²) in [5, 5.41) is 3.20. The molecule has 0 unspecified atom stereocenters. The van der Waals surface area contributed by atoms with Gasteiger partial charge in [0.15, 0.2) is 5.58 Å². The molecule has 0 aliphatic heterocycles. The van der Waals surface area contributed by atoms with Gasteiger partial charge in [0.05, 0.1) is 5.52 Å². The Bertz CT molecular complexity index is 518. The van der Waals surface area contributed by atoms with Crippen LogP contribution >= 0.6 is 11.6 Å². The van der Waals surface area contributed by atoms with Crippen LogP contribution in [-0.2, 0) is 6.42 Å². The van der Waals surface area contributed by atoms with E-state index in [0.29, 0.717) is 11.5 Å². The Morgan fingerprint density at radius 3 is 3.06 bits per heavy atom. The van der Waals surface area contributed by atoms with Crippen LogP contribution in [0.4, 0.5) is 0 Å². The highest BCUT2D eigenvalue weighted by Gasteiger charge is 2.01. The number of fused-ring (bicyclic) bond motifs is 1. The van der Waals surface area contributed by atoms with Gasteiger partial charge in [0.25, 0.3) is 0 Å². The summed E-state index contributed by atoms with van der Waals surface area (Å²) in [6.07, 6.45) is 0.891.